The summed E-state index contributed by atoms with van der Waals surface area (Å²) in [6, 6.07) is 0.237. The third kappa shape index (κ3) is 2.67. The van der Waals surface area contributed by atoms with Gasteiger partial charge in [0.25, 0.3) is 6.43 Å². The van der Waals surface area contributed by atoms with Crippen LogP contribution in [0.1, 0.15) is 23.2 Å². The van der Waals surface area contributed by atoms with Crippen molar-refractivity contribution in [3.05, 3.63) is 27.5 Å². The summed E-state index contributed by atoms with van der Waals surface area (Å²) in [5.41, 5.74) is -2.65. The highest BCUT2D eigenvalue weighted by Crippen LogP contribution is 2.34. The Bertz CT molecular complexity index is 393. The Morgan fingerprint density at radius 2 is 1.94 bits per heavy atom. The number of rotatable bonds is 2. The lowest BCUT2D eigenvalue weighted by molar-refractivity contribution is -0.141. The average Bonchev–Trinajstić information content (AvgIpc) is 2.14. The van der Waals surface area contributed by atoms with E-state index in [4.69, 9.17) is 5.11 Å². The molecule has 0 bridgehead atoms. The Morgan fingerprint density at radius 3 is 2.31 bits per heavy atom. The number of hydrogen-bond acceptors (Lipinski definition) is 2. The highest BCUT2D eigenvalue weighted by molar-refractivity contribution is 9.10. The van der Waals surface area contributed by atoms with E-state index in [2.05, 4.69) is 20.9 Å². The van der Waals surface area contributed by atoms with Crippen LogP contribution >= 0.6 is 15.9 Å². The first-order valence-corrected chi connectivity index (χ1v) is 4.72. The van der Waals surface area contributed by atoms with Gasteiger partial charge < -0.3 is 5.11 Å². The largest absolute Gasteiger partial charge is 0.433 e. The van der Waals surface area contributed by atoms with E-state index in [-0.39, 0.29) is 11.6 Å². The van der Waals surface area contributed by atoms with Crippen molar-refractivity contribution < 1.29 is 27.1 Å². The molecule has 0 saturated carbocycles. The van der Waals surface area contributed by atoms with Gasteiger partial charge in [-0.15, -0.1) is 0 Å². The summed E-state index contributed by atoms with van der Waals surface area (Å²) in [5, 5.41) is 8.76. The molecule has 0 unspecified atom stereocenters. The van der Waals surface area contributed by atoms with Gasteiger partial charge in [-0.05, 0) is 22.0 Å². The molecule has 0 spiro atoms. The van der Waals surface area contributed by atoms with Crippen LogP contribution in [0.2, 0.25) is 0 Å². The van der Waals surface area contributed by atoms with Crippen molar-refractivity contribution in [1.29, 1.82) is 0 Å². The van der Waals surface area contributed by atoms with Gasteiger partial charge in [-0.2, -0.15) is 13.2 Å². The van der Waals surface area contributed by atoms with Crippen LogP contribution in [-0.2, 0) is 12.8 Å². The third-order valence-corrected chi connectivity index (χ3v) is 2.45. The molecule has 0 aliphatic heterocycles. The molecule has 0 saturated heterocycles. The monoisotopic (exact) mass is 305 g/mol. The van der Waals surface area contributed by atoms with E-state index in [1.54, 1.807) is 0 Å². The number of aromatic nitrogens is 1. The first-order chi connectivity index (χ1) is 7.27. The lowest BCUT2D eigenvalue weighted by Gasteiger charge is -2.12. The Hall–Kier alpha value is -0.760. The maximum absolute atomic E-state index is 12.4. The summed E-state index contributed by atoms with van der Waals surface area (Å²) in [5.74, 6) is 0. The van der Waals surface area contributed by atoms with Gasteiger partial charge in [0, 0.05) is 11.1 Å². The smallest absolute Gasteiger partial charge is 0.392 e. The fourth-order valence-corrected chi connectivity index (χ4v) is 1.60. The normalized spacial score (nSPS) is 12.2. The van der Waals surface area contributed by atoms with Gasteiger partial charge in [0.15, 0.2) is 0 Å². The van der Waals surface area contributed by atoms with Gasteiger partial charge >= 0.3 is 6.18 Å². The molecule has 90 valence electrons. The Kier molecular flexibility index (Phi) is 3.84. The van der Waals surface area contributed by atoms with E-state index in [9.17, 15) is 22.0 Å². The molecule has 0 amide bonds. The third-order valence-electron chi connectivity index (χ3n) is 1.79. The van der Waals surface area contributed by atoms with Crippen molar-refractivity contribution in [2.24, 2.45) is 0 Å². The SMILES string of the molecule is OCc1c(C(F)F)cc(C(F)(F)F)nc1Br. The molecule has 0 aliphatic rings. The fourth-order valence-electron chi connectivity index (χ4n) is 1.06. The molecule has 16 heavy (non-hydrogen) atoms. The lowest BCUT2D eigenvalue weighted by Crippen LogP contribution is -2.11. The van der Waals surface area contributed by atoms with E-state index in [0.717, 1.165) is 0 Å². The van der Waals surface area contributed by atoms with Crippen molar-refractivity contribution in [3.63, 3.8) is 0 Å². The number of alkyl halides is 5. The van der Waals surface area contributed by atoms with E-state index < -0.39 is 35.1 Å². The van der Waals surface area contributed by atoms with Crippen LogP contribution in [-0.4, -0.2) is 10.1 Å². The van der Waals surface area contributed by atoms with Crippen molar-refractivity contribution in [1.82, 2.24) is 4.98 Å². The number of aliphatic hydroxyl groups excluding tert-OH is 1. The molecular formula is C8H5BrF5NO. The predicted molar refractivity (Wildman–Crippen MR) is 47.8 cm³/mol. The summed E-state index contributed by atoms with van der Waals surface area (Å²) >= 11 is 2.61. The molecule has 1 aromatic heterocycles. The van der Waals surface area contributed by atoms with Crippen LogP contribution in [0.5, 0.6) is 0 Å². The van der Waals surface area contributed by atoms with Gasteiger partial charge in [0.2, 0.25) is 0 Å². The molecule has 0 radical (unpaired) electrons. The summed E-state index contributed by atoms with van der Waals surface area (Å²) in [6.45, 7) is -0.814. The molecule has 0 aliphatic carbocycles. The predicted octanol–water partition coefficient (Wildman–Crippen LogP) is 3.29. The molecule has 1 aromatic rings. The Labute approximate surface area is 95.2 Å². The first-order valence-electron chi connectivity index (χ1n) is 3.93. The van der Waals surface area contributed by atoms with Crippen molar-refractivity contribution in [2.75, 3.05) is 0 Å². The summed E-state index contributed by atoms with van der Waals surface area (Å²) < 4.78 is 61.2. The zero-order chi connectivity index (χ0) is 12.5. The molecule has 0 fully saturated rings. The van der Waals surface area contributed by atoms with E-state index >= 15 is 0 Å². The molecular weight excluding hydrogens is 301 g/mol. The zero-order valence-corrected chi connectivity index (χ0v) is 9.11. The van der Waals surface area contributed by atoms with Gasteiger partial charge in [-0.3, -0.25) is 0 Å². The van der Waals surface area contributed by atoms with Gasteiger partial charge in [-0.25, -0.2) is 13.8 Å². The van der Waals surface area contributed by atoms with Crippen LogP contribution in [0.15, 0.2) is 10.7 Å². The number of pyridine rings is 1. The van der Waals surface area contributed by atoms with Crippen LogP contribution in [0, 0.1) is 0 Å². The van der Waals surface area contributed by atoms with Crippen LogP contribution in [0.25, 0.3) is 0 Å². The van der Waals surface area contributed by atoms with Crippen molar-refractivity contribution >= 4 is 15.9 Å². The zero-order valence-electron chi connectivity index (χ0n) is 7.52. The summed E-state index contributed by atoms with van der Waals surface area (Å²) in [6.07, 6.45) is -7.91. The number of aliphatic hydroxyl groups is 1. The second kappa shape index (κ2) is 4.62. The minimum absolute atomic E-state index is 0.237. The molecule has 8 heteroatoms. The van der Waals surface area contributed by atoms with Crippen LogP contribution in [0.3, 0.4) is 0 Å². The van der Waals surface area contributed by atoms with Crippen LogP contribution < -0.4 is 0 Å². The molecule has 0 atom stereocenters. The molecule has 2 nitrogen and oxygen atoms in total. The highest BCUT2D eigenvalue weighted by Gasteiger charge is 2.34. The number of hydrogen-bond donors (Lipinski definition) is 1. The minimum atomic E-state index is -4.81. The lowest BCUT2D eigenvalue weighted by atomic mass is 10.1. The van der Waals surface area contributed by atoms with E-state index in [1.165, 1.54) is 0 Å². The summed E-state index contributed by atoms with van der Waals surface area (Å²) in [7, 11) is 0. The average molecular weight is 306 g/mol. The van der Waals surface area contributed by atoms with Gasteiger partial charge in [-0.1, -0.05) is 0 Å². The fraction of sp³-hybridized carbons (Fsp3) is 0.375. The maximum atomic E-state index is 12.4. The topological polar surface area (TPSA) is 33.1 Å². The van der Waals surface area contributed by atoms with Gasteiger partial charge in [0.1, 0.15) is 10.3 Å². The van der Waals surface area contributed by atoms with Crippen molar-refractivity contribution in [2.45, 2.75) is 19.2 Å². The van der Waals surface area contributed by atoms with E-state index in [0.29, 0.717) is 0 Å². The molecule has 1 rings (SSSR count). The quantitative estimate of drug-likeness (QED) is 0.672. The second-order valence-electron chi connectivity index (χ2n) is 2.82. The molecule has 0 aromatic carbocycles. The minimum Gasteiger partial charge on any atom is -0.392 e. The second-order valence-corrected chi connectivity index (χ2v) is 3.57. The Balaban J connectivity index is 3.40. The Morgan fingerprint density at radius 1 is 1.38 bits per heavy atom. The number of halogens is 6. The number of nitrogens with zero attached hydrogens (tertiary/aromatic N) is 1. The standard InChI is InChI=1S/C8H5BrF5NO/c9-6-4(2-16)3(7(10)11)1-5(15-6)8(12,13)14/h1,7,16H,2H2. The highest BCUT2D eigenvalue weighted by atomic mass is 79.9. The maximum Gasteiger partial charge on any atom is 0.433 e. The van der Waals surface area contributed by atoms with Crippen LogP contribution in [0.4, 0.5) is 22.0 Å². The summed E-state index contributed by atoms with van der Waals surface area (Å²) in [4.78, 5) is 3.06. The van der Waals surface area contributed by atoms with E-state index in [1.807, 2.05) is 0 Å². The molecule has 1 heterocycles. The molecule has 1 N–H and O–H groups in total. The van der Waals surface area contributed by atoms with Crippen molar-refractivity contribution in [3.8, 4) is 0 Å². The first kappa shape index (κ1) is 13.3. The van der Waals surface area contributed by atoms with Gasteiger partial charge in [0.05, 0.1) is 6.61 Å².